The van der Waals surface area contributed by atoms with E-state index in [-0.39, 0.29) is 5.97 Å². The maximum Gasteiger partial charge on any atom is 0.337 e. The van der Waals surface area contributed by atoms with Crippen LogP contribution in [0.2, 0.25) is 0 Å². The van der Waals surface area contributed by atoms with E-state index < -0.39 is 0 Å². The van der Waals surface area contributed by atoms with E-state index in [0.29, 0.717) is 5.56 Å². The predicted molar refractivity (Wildman–Crippen MR) is 52.5 cm³/mol. The van der Waals surface area contributed by atoms with Crippen molar-refractivity contribution in [3.63, 3.8) is 0 Å². The third-order valence-corrected chi connectivity index (χ3v) is 1.67. The Morgan fingerprint density at radius 3 is 2.85 bits per heavy atom. The number of hydrogen-bond acceptors (Lipinski definition) is 2. The molecule has 1 rings (SSSR count). The zero-order valence-corrected chi connectivity index (χ0v) is 7.78. The summed E-state index contributed by atoms with van der Waals surface area (Å²) >= 11 is 0. The topological polar surface area (TPSA) is 26.3 Å². The smallest absolute Gasteiger partial charge is 0.337 e. The molecule has 0 amide bonds. The van der Waals surface area contributed by atoms with Gasteiger partial charge in [0.25, 0.3) is 0 Å². The maximum atomic E-state index is 11.1. The Hall–Kier alpha value is -1.57. The molecule has 2 heteroatoms. The fourth-order valence-corrected chi connectivity index (χ4v) is 1.08. The highest BCUT2D eigenvalue weighted by Gasteiger charge is 2.03. The van der Waals surface area contributed by atoms with E-state index in [4.69, 9.17) is 0 Å². The first-order chi connectivity index (χ1) is 6.27. The van der Waals surface area contributed by atoms with Crippen LogP contribution in [0.4, 0.5) is 0 Å². The Bertz CT molecular complexity index is 327. The lowest BCUT2D eigenvalue weighted by Gasteiger charge is -1.99. The highest BCUT2D eigenvalue weighted by molar-refractivity contribution is 5.89. The molecule has 0 aliphatic carbocycles. The number of hydrogen-bond donors (Lipinski definition) is 0. The minimum atomic E-state index is -0.300. The summed E-state index contributed by atoms with van der Waals surface area (Å²) in [7, 11) is 1.38. The van der Waals surface area contributed by atoms with E-state index in [9.17, 15) is 4.79 Å². The van der Waals surface area contributed by atoms with Crippen molar-refractivity contribution in [1.29, 1.82) is 0 Å². The highest BCUT2D eigenvalue weighted by Crippen LogP contribution is 2.07. The summed E-state index contributed by atoms with van der Waals surface area (Å²) < 4.78 is 4.61. The highest BCUT2D eigenvalue weighted by atomic mass is 16.5. The fraction of sp³-hybridized carbons (Fsp3) is 0.182. The van der Waals surface area contributed by atoms with Gasteiger partial charge in [-0.1, -0.05) is 24.3 Å². The number of carbonyl (C=O) groups excluding carboxylic acids is 1. The summed E-state index contributed by atoms with van der Waals surface area (Å²) in [6.45, 7) is 1.94. The molecule has 0 aromatic heterocycles. The lowest BCUT2D eigenvalue weighted by molar-refractivity contribution is 0.0600. The van der Waals surface area contributed by atoms with E-state index >= 15 is 0 Å². The van der Waals surface area contributed by atoms with Gasteiger partial charge in [0.1, 0.15) is 0 Å². The Morgan fingerprint density at radius 2 is 2.23 bits per heavy atom. The van der Waals surface area contributed by atoms with Crippen LogP contribution in [0.5, 0.6) is 0 Å². The Kier molecular flexibility index (Phi) is 3.26. The van der Waals surface area contributed by atoms with Gasteiger partial charge >= 0.3 is 5.97 Å². The first-order valence-electron chi connectivity index (χ1n) is 4.09. The van der Waals surface area contributed by atoms with Gasteiger partial charge in [0.15, 0.2) is 0 Å². The zero-order chi connectivity index (χ0) is 9.68. The first-order valence-corrected chi connectivity index (χ1v) is 4.09. The van der Waals surface area contributed by atoms with Gasteiger partial charge in [-0.25, -0.2) is 4.79 Å². The van der Waals surface area contributed by atoms with Gasteiger partial charge in [-0.2, -0.15) is 0 Å². The van der Waals surface area contributed by atoms with Crippen LogP contribution in [0, 0.1) is 0 Å². The Balaban J connectivity index is 2.98. The lowest BCUT2D eigenvalue weighted by atomic mass is 10.1. The number of carbonyl (C=O) groups is 1. The van der Waals surface area contributed by atoms with Crippen LogP contribution in [0.3, 0.4) is 0 Å². The van der Waals surface area contributed by atoms with Gasteiger partial charge in [0.2, 0.25) is 0 Å². The zero-order valence-electron chi connectivity index (χ0n) is 7.78. The van der Waals surface area contributed by atoms with Gasteiger partial charge < -0.3 is 4.74 Å². The van der Waals surface area contributed by atoms with E-state index in [0.717, 1.165) is 5.56 Å². The molecule has 68 valence electrons. The molecule has 0 aliphatic heterocycles. The monoisotopic (exact) mass is 176 g/mol. The van der Waals surface area contributed by atoms with Gasteiger partial charge in [-0.3, -0.25) is 0 Å². The SMILES string of the molecule is CC=Cc1cccc(C(=O)OC)c1. The van der Waals surface area contributed by atoms with Crippen molar-refractivity contribution in [2.45, 2.75) is 6.92 Å². The van der Waals surface area contributed by atoms with Crippen LogP contribution in [0.1, 0.15) is 22.8 Å². The van der Waals surface area contributed by atoms with Crippen LogP contribution in [-0.4, -0.2) is 13.1 Å². The molecule has 0 unspecified atom stereocenters. The maximum absolute atomic E-state index is 11.1. The molecule has 0 bridgehead atoms. The summed E-state index contributed by atoms with van der Waals surface area (Å²) in [6.07, 6.45) is 3.86. The summed E-state index contributed by atoms with van der Waals surface area (Å²) in [5, 5.41) is 0. The van der Waals surface area contributed by atoms with Crippen LogP contribution >= 0.6 is 0 Å². The van der Waals surface area contributed by atoms with Crippen LogP contribution in [0.25, 0.3) is 6.08 Å². The molecule has 0 radical (unpaired) electrons. The van der Waals surface area contributed by atoms with Crippen LogP contribution in [-0.2, 0) is 4.74 Å². The molecule has 0 spiro atoms. The summed E-state index contributed by atoms with van der Waals surface area (Å²) in [5.74, 6) is -0.300. The largest absolute Gasteiger partial charge is 0.465 e. The summed E-state index contributed by atoms with van der Waals surface area (Å²) in [5.41, 5.74) is 1.59. The molecule has 0 fully saturated rings. The predicted octanol–water partition coefficient (Wildman–Crippen LogP) is 2.51. The molecule has 13 heavy (non-hydrogen) atoms. The Morgan fingerprint density at radius 1 is 1.46 bits per heavy atom. The van der Waals surface area contributed by atoms with Gasteiger partial charge in [-0.15, -0.1) is 0 Å². The first kappa shape index (κ1) is 9.52. The minimum absolute atomic E-state index is 0.300. The van der Waals surface area contributed by atoms with Crippen molar-refractivity contribution < 1.29 is 9.53 Å². The standard InChI is InChI=1S/C11H12O2/c1-3-5-9-6-4-7-10(8-9)11(12)13-2/h3-8H,1-2H3. The second-order valence-electron chi connectivity index (χ2n) is 2.62. The average molecular weight is 176 g/mol. The van der Waals surface area contributed by atoms with E-state index in [1.165, 1.54) is 7.11 Å². The second-order valence-corrected chi connectivity index (χ2v) is 2.62. The van der Waals surface area contributed by atoms with Crippen LogP contribution in [0.15, 0.2) is 30.3 Å². The number of rotatable bonds is 2. The van der Waals surface area contributed by atoms with Crippen molar-refractivity contribution in [3.05, 3.63) is 41.5 Å². The molecule has 0 aliphatic rings. The van der Waals surface area contributed by atoms with Crippen LogP contribution < -0.4 is 0 Å². The number of benzene rings is 1. The van der Waals surface area contributed by atoms with E-state index in [2.05, 4.69) is 4.74 Å². The van der Waals surface area contributed by atoms with E-state index in [1.54, 1.807) is 12.1 Å². The number of ether oxygens (including phenoxy) is 1. The molecular formula is C11H12O2. The minimum Gasteiger partial charge on any atom is -0.465 e. The third kappa shape index (κ3) is 2.44. The molecule has 2 nitrogen and oxygen atoms in total. The lowest BCUT2D eigenvalue weighted by Crippen LogP contribution is -2.00. The summed E-state index contributed by atoms with van der Waals surface area (Å²) in [6, 6.07) is 7.30. The normalized spacial score (nSPS) is 10.3. The molecule has 1 aromatic rings. The van der Waals surface area contributed by atoms with Crippen molar-refractivity contribution in [3.8, 4) is 0 Å². The third-order valence-electron chi connectivity index (χ3n) is 1.67. The van der Waals surface area contributed by atoms with Crippen molar-refractivity contribution in [2.24, 2.45) is 0 Å². The average Bonchev–Trinajstić information content (AvgIpc) is 2.18. The number of esters is 1. The molecule has 0 N–H and O–H groups in total. The van der Waals surface area contributed by atoms with E-state index in [1.807, 2.05) is 31.2 Å². The number of methoxy groups -OCH3 is 1. The molecule has 1 aromatic carbocycles. The molecule has 0 atom stereocenters. The molecule has 0 heterocycles. The van der Waals surface area contributed by atoms with Crippen molar-refractivity contribution in [2.75, 3.05) is 7.11 Å². The van der Waals surface area contributed by atoms with Gasteiger partial charge in [0.05, 0.1) is 12.7 Å². The molecule has 0 saturated carbocycles. The number of allylic oxidation sites excluding steroid dienone is 1. The van der Waals surface area contributed by atoms with Gasteiger partial charge in [-0.05, 0) is 24.6 Å². The second kappa shape index (κ2) is 4.45. The summed E-state index contributed by atoms with van der Waals surface area (Å²) in [4.78, 5) is 11.1. The quantitative estimate of drug-likeness (QED) is 0.647. The molecular weight excluding hydrogens is 164 g/mol. The fourth-order valence-electron chi connectivity index (χ4n) is 1.08. The van der Waals surface area contributed by atoms with Crippen molar-refractivity contribution in [1.82, 2.24) is 0 Å². The van der Waals surface area contributed by atoms with Gasteiger partial charge in [0, 0.05) is 0 Å². The Labute approximate surface area is 77.8 Å². The van der Waals surface area contributed by atoms with Crippen molar-refractivity contribution >= 4 is 12.0 Å². The molecule has 0 saturated heterocycles.